The molecule has 2 N–H and O–H groups in total. The van der Waals surface area contributed by atoms with Crippen LogP contribution in [-0.2, 0) is 4.74 Å². The highest BCUT2D eigenvalue weighted by Gasteiger charge is 2.13. The Labute approximate surface area is 65.6 Å². The molecule has 0 aromatic rings. The summed E-state index contributed by atoms with van der Waals surface area (Å²) in [7, 11) is 1.60. The summed E-state index contributed by atoms with van der Waals surface area (Å²) in [6.45, 7) is 2.37. The second-order valence-electron chi connectivity index (χ2n) is 2.51. The molecule has 1 aliphatic rings. The summed E-state index contributed by atoms with van der Waals surface area (Å²) in [6.07, 6.45) is 1.92. The van der Waals surface area contributed by atoms with Crippen molar-refractivity contribution in [1.82, 2.24) is 10.6 Å². The van der Waals surface area contributed by atoms with Crippen molar-refractivity contribution in [3.8, 4) is 0 Å². The Balaban J connectivity index is 2.56. The SMILES string of the molecule is COCC1=CC(C)NC(=O)N1. The van der Waals surface area contributed by atoms with Crippen LogP contribution in [0.5, 0.6) is 0 Å². The lowest BCUT2D eigenvalue weighted by atomic mass is 10.2. The van der Waals surface area contributed by atoms with Crippen LogP contribution in [0.3, 0.4) is 0 Å². The van der Waals surface area contributed by atoms with Crippen molar-refractivity contribution in [1.29, 1.82) is 0 Å². The molecule has 2 amide bonds. The molecule has 4 heteroatoms. The number of rotatable bonds is 2. The van der Waals surface area contributed by atoms with Gasteiger partial charge in [0, 0.05) is 18.8 Å². The smallest absolute Gasteiger partial charge is 0.319 e. The van der Waals surface area contributed by atoms with Gasteiger partial charge in [0.15, 0.2) is 0 Å². The number of hydrogen-bond acceptors (Lipinski definition) is 2. The summed E-state index contributed by atoms with van der Waals surface area (Å²) in [5.74, 6) is 0. The predicted molar refractivity (Wildman–Crippen MR) is 41.1 cm³/mol. The Kier molecular flexibility index (Phi) is 2.48. The van der Waals surface area contributed by atoms with Crippen molar-refractivity contribution in [2.75, 3.05) is 13.7 Å². The maximum atomic E-state index is 10.8. The van der Waals surface area contributed by atoms with Crippen LogP contribution in [-0.4, -0.2) is 25.8 Å². The number of carbonyl (C=O) groups excluding carboxylic acids is 1. The van der Waals surface area contributed by atoms with Gasteiger partial charge in [-0.25, -0.2) is 4.79 Å². The van der Waals surface area contributed by atoms with Gasteiger partial charge < -0.3 is 15.4 Å². The van der Waals surface area contributed by atoms with Crippen molar-refractivity contribution in [2.24, 2.45) is 0 Å². The van der Waals surface area contributed by atoms with E-state index in [-0.39, 0.29) is 12.1 Å². The zero-order chi connectivity index (χ0) is 8.27. The molecule has 0 saturated heterocycles. The van der Waals surface area contributed by atoms with Crippen molar-refractivity contribution in [3.05, 3.63) is 11.8 Å². The zero-order valence-corrected chi connectivity index (χ0v) is 6.68. The number of nitrogens with one attached hydrogen (secondary N) is 2. The minimum Gasteiger partial charge on any atom is -0.378 e. The normalized spacial score (nSPS) is 23.6. The monoisotopic (exact) mass is 156 g/mol. The number of carbonyl (C=O) groups is 1. The van der Waals surface area contributed by atoms with Crippen LogP contribution in [0.4, 0.5) is 4.79 Å². The van der Waals surface area contributed by atoms with E-state index in [2.05, 4.69) is 10.6 Å². The molecular weight excluding hydrogens is 144 g/mol. The molecule has 4 nitrogen and oxygen atoms in total. The average molecular weight is 156 g/mol. The van der Waals surface area contributed by atoms with Crippen molar-refractivity contribution >= 4 is 6.03 Å². The summed E-state index contributed by atoms with van der Waals surface area (Å²) in [5, 5.41) is 5.32. The second-order valence-corrected chi connectivity index (χ2v) is 2.51. The molecule has 1 aliphatic heterocycles. The van der Waals surface area contributed by atoms with Crippen molar-refractivity contribution < 1.29 is 9.53 Å². The fourth-order valence-electron chi connectivity index (χ4n) is 1.01. The Morgan fingerprint density at radius 1 is 1.73 bits per heavy atom. The fourth-order valence-corrected chi connectivity index (χ4v) is 1.01. The number of methoxy groups -OCH3 is 1. The van der Waals surface area contributed by atoms with Crippen LogP contribution in [0.15, 0.2) is 11.8 Å². The fraction of sp³-hybridized carbons (Fsp3) is 0.571. The average Bonchev–Trinajstić information content (AvgIpc) is 1.85. The number of urea groups is 1. The molecule has 0 spiro atoms. The van der Waals surface area contributed by atoms with Gasteiger partial charge in [0.2, 0.25) is 0 Å². The van der Waals surface area contributed by atoms with Gasteiger partial charge in [-0.05, 0) is 13.0 Å². The maximum absolute atomic E-state index is 10.8. The lowest BCUT2D eigenvalue weighted by Crippen LogP contribution is -2.45. The molecule has 0 aliphatic carbocycles. The molecule has 0 bridgehead atoms. The molecule has 1 atom stereocenters. The van der Waals surface area contributed by atoms with Crippen LogP contribution >= 0.6 is 0 Å². The lowest BCUT2D eigenvalue weighted by molar-refractivity contribution is 0.211. The minimum atomic E-state index is -0.160. The first-order chi connectivity index (χ1) is 5.22. The van der Waals surface area contributed by atoms with Crippen molar-refractivity contribution in [3.63, 3.8) is 0 Å². The molecule has 1 heterocycles. The van der Waals surface area contributed by atoms with Gasteiger partial charge >= 0.3 is 6.03 Å². The van der Waals surface area contributed by atoms with E-state index in [1.807, 2.05) is 13.0 Å². The Morgan fingerprint density at radius 3 is 3.00 bits per heavy atom. The highest BCUT2D eigenvalue weighted by molar-refractivity contribution is 5.77. The second kappa shape index (κ2) is 3.39. The molecule has 0 saturated carbocycles. The molecule has 1 rings (SSSR count). The van der Waals surface area contributed by atoms with Gasteiger partial charge in [-0.2, -0.15) is 0 Å². The maximum Gasteiger partial charge on any atom is 0.319 e. The Bertz CT molecular complexity index is 189. The van der Waals surface area contributed by atoms with E-state index in [4.69, 9.17) is 4.74 Å². The number of amides is 2. The molecule has 1 unspecified atom stereocenters. The lowest BCUT2D eigenvalue weighted by Gasteiger charge is -2.19. The van der Waals surface area contributed by atoms with Gasteiger partial charge in [0.05, 0.1) is 6.61 Å². The van der Waals surface area contributed by atoms with E-state index in [9.17, 15) is 4.79 Å². The third kappa shape index (κ3) is 2.23. The first-order valence-electron chi connectivity index (χ1n) is 3.49. The van der Waals surface area contributed by atoms with E-state index >= 15 is 0 Å². The van der Waals surface area contributed by atoms with E-state index < -0.39 is 0 Å². The molecule has 0 aromatic carbocycles. The van der Waals surface area contributed by atoms with E-state index in [0.29, 0.717) is 6.61 Å². The van der Waals surface area contributed by atoms with E-state index in [1.54, 1.807) is 7.11 Å². The molecule has 11 heavy (non-hydrogen) atoms. The molecule has 0 aromatic heterocycles. The molecule has 0 fully saturated rings. The third-order valence-electron chi connectivity index (χ3n) is 1.38. The van der Waals surface area contributed by atoms with Gasteiger partial charge in [-0.1, -0.05) is 0 Å². The highest BCUT2D eigenvalue weighted by Crippen LogP contribution is 1.99. The van der Waals surface area contributed by atoms with Gasteiger partial charge in [0.1, 0.15) is 0 Å². The third-order valence-corrected chi connectivity index (χ3v) is 1.38. The first-order valence-corrected chi connectivity index (χ1v) is 3.49. The zero-order valence-electron chi connectivity index (χ0n) is 6.68. The number of ether oxygens (including phenoxy) is 1. The van der Waals surface area contributed by atoms with Crippen molar-refractivity contribution in [2.45, 2.75) is 13.0 Å². The summed E-state index contributed by atoms with van der Waals surface area (Å²) in [4.78, 5) is 10.8. The molecule has 62 valence electrons. The summed E-state index contributed by atoms with van der Waals surface area (Å²) < 4.78 is 4.87. The van der Waals surface area contributed by atoms with Gasteiger partial charge in [-0.3, -0.25) is 0 Å². The molecule has 0 radical (unpaired) electrons. The molecular formula is C7H12N2O2. The summed E-state index contributed by atoms with van der Waals surface area (Å²) in [5.41, 5.74) is 0.823. The van der Waals surface area contributed by atoms with Crippen LogP contribution < -0.4 is 10.6 Å². The minimum absolute atomic E-state index is 0.0916. The quantitative estimate of drug-likeness (QED) is 0.600. The van der Waals surface area contributed by atoms with E-state index in [1.165, 1.54) is 0 Å². The van der Waals surface area contributed by atoms with Crippen LogP contribution in [0.1, 0.15) is 6.92 Å². The predicted octanol–water partition coefficient (Wildman–Crippen LogP) is 0.218. The first kappa shape index (κ1) is 8.07. The van der Waals surface area contributed by atoms with Gasteiger partial charge in [0.25, 0.3) is 0 Å². The van der Waals surface area contributed by atoms with Crippen LogP contribution in [0.2, 0.25) is 0 Å². The topological polar surface area (TPSA) is 50.4 Å². The van der Waals surface area contributed by atoms with Gasteiger partial charge in [-0.15, -0.1) is 0 Å². The summed E-state index contributed by atoms with van der Waals surface area (Å²) in [6, 6.07) is -0.0686. The standard InChI is InChI=1S/C7H12N2O2/c1-5-3-6(4-11-2)9-7(10)8-5/h3,5H,4H2,1-2H3,(H2,8,9,10). The summed E-state index contributed by atoms with van der Waals surface area (Å²) >= 11 is 0. The Hall–Kier alpha value is -1.03. The van der Waals surface area contributed by atoms with Crippen LogP contribution in [0, 0.1) is 0 Å². The van der Waals surface area contributed by atoms with E-state index in [0.717, 1.165) is 5.70 Å². The Morgan fingerprint density at radius 2 is 2.45 bits per heavy atom. The number of hydrogen-bond donors (Lipinski definition) is 2. The largest absolute Gasteiger partial charge is 0.378 e. The highest BCUT2D eigenvalue weighted by atomic mass is 16.5. The van der Waals surface area contributed by atoms with Crippen LogP contribution in [0.25, 0.3) is 0 Å².